The first-order chi connectivity index (χ1) is 14.2. The van der Waals surface area contributed by atoms with E-state index in [1.165, 1.54) is 25.7 Å². The SMILES string of the molecule is C[C@H](C=C[C@H](C)[C@H](C)CO)[C@H]1CC[C@H]2C3=CC[C@H]4CC(=O)CC[C@]4(C)[C@H]3CC[C@]12C. The van der Waals surface area contributed by atoms with E-state index in [4.69, 9.17) is 0 Å². The topological polar surface area (TPSA) is 37.3 Å². The van der Waals surface area contributed by atoms with Crippen LogP contribution in [-0.2, 0) is 4.79 Å². The number of ketones is 1. The van der Waals surface area contributed by atoms with E-state index in [2.05, 4.69) is 52.8 Å². The molecule has 0 saturated heterocycles. The molecule has 30 heavy (non-hydrogen) atoms. The molecular formula is C28H44O2. The highest BCUT2D eigenvalue weighted by molar-refractivity contribution is 5.79. The van der Waals surface area contributed by atoms with Crippen molar-refractivity contribution in [2.75, 3.05) is 6.61 Å². The zero-order chi connectivity index (χ0) is 21.7. The fraction of sp³-hybridized carbons (Fsp3) is 0.821. The molecule has 0 unspecified atom stereocenters. The van der Waals surface area contributed by atoms with Crippen LogP contribution in [0.4, 0.5) is 0 Å². The highest BCUT2D eigenvalue weighted by Gasteiger charge is 2.58. The van der Waals surface area contributed by atoms with Gasteiger partial charge in [0.1, 0.15) is 5.78 Å². The van der Waals surface area contributed by atoms with Gasteiger partial charge in [0.05, 0.1) is 0 Å². The van der Waals surface area contributed by atoms with Crippen LogP contribution in [0.25, 0.3) is 0 Å². The molecule has 2 heteroatoms. The summed E-state index contributed by atoms with van der Waals surface area (Å²) in [6, 6.07) is 0. The molecule has 9 atom stereocenters. The standard InChI is InChI=1S/C28H44O2/c1-18(20(3)17-29)6-7-19(2)24-10-11-25-23-9-8-21-16-22(30)12-14-27(21,4)26(23)13-15-28(24,25)5/h6-7,9,18-21,24-26,29H,8,10-17H2,1-5H3/t18-,19+,20+,21-,24+,25-,26-,27-,28+/m0/s1. The maximum atomic E-state index is 12.1. The van der Waals surface area contributed by atoms with Crippen molar-refractivity contribution < 1.29 is 9.90 Å². The minimum atomic E-state index is 0.268. The van der Waals surface area contributed by atoms with Crippen LogP contribution in [0.1, 0.15) is 86.0 Å². The quantitative estimate of drug-likeness (QED) is 0.517. The van der Waals surface area contributed by atoms with Crippen LogP contribution in [0.3, 0.4) is 0 Å². The van der Waals surface area contributed by atoms with E-state index in [0.29, 0.717) is 40.3 Å². The van der Waals surface area contributed by atoms with Crippen LogP contribution in [0.15, 0.2) is 23.8 Å². The number of Topliss-reactive ketones (excluding diaryl/α,β-unsaturated/α-hetero) is 1. The summed E-state index contributed by atoms with van der Waals surface area (Å²) in [4.78, 5) is 12.1. The Bertz CT molecular complexity index is 720. The number of carbonyl (C=O) groups is 1. The van der Waals surface area contributed by atoms with Crippen LogP contribution in [0.2, 0.25) is 0 Å². The third kappa shape index (κ3) is 3.55. The monoisotopic (exact) mass is 412 g/mol. The number of allylic oxidation sites excluding steroid dienone is 4. The average Bonchev–Trinajstić information content (AvgIpc) is 3.09. The number of rotatable bonds is 5. The van der Waals surface area contributed by atoms with Gasteiger partial charge in [0.15, 0.2) is 0 Å². The second-order valence-corrected chi connectivity index (χ2v) is 12.0. The number of aliphatic hydroxyl groups is 1. The van der Waals surface area contributed by atoms with E-state index in [0.717, 1.165) is 43.4 Å². The lowest BCUT2D eigenvalue weighted by molar-refractivity contribution is -0.127. The normalized spacial score (nSPS) is 44.1. The van der Waals surface area contributed by atoms with E-state index in [-0.39, 0.29) is 6.61 Å². The third-order valence-corrected chi connectivity index (χ3v) is 10.5. The molecule has 3 fully saturated rings. The molecule has 1 N–H and O–H groups in total. The molecule has 4 aliphatic rings. The molecule has 0 aromatic rings. The van der Waals surface area contributed by atoms with Crippen molar-refractivity contribution in [3.63, 3.8) is 0 Å². The van der Waals surface area contributed by atoms with Crippen LogP contribution in [0.5, 0.6) is 0 Å². The summed E-state index contributed by atoms with van der Waals surface area (Å²) in [7, 11) is 0. The Kier molecular flexibility index (Phi) is 6.12. The first kappa shape index (κ1) is 22.3. The molecule has 0 aromatic heterocycles. The molecule has 0 bridgehead atoms. The molecule has 0 aliphatic heterocycles. The number of fused-ring (bicyclic) bond motifs is 5. The molecule has 168 valence electrons. The summed E-state index contributed by atoms with van der Waals surface area (Å²) in [5.74, 6) is 4.69. The Morgan fingerprint density at radius 1 is 1.07 bits per heavy atom. The van der Waals surface area contributed by atoms with Gasteiger partial charge in [-0.3, -0.25) is 4.79 Å². The lowest BCUT2D eigenvalue weighted by Crippen LogP contribution is -2.49. The van der Waals surface area contributed by atoms with Gasteiger partial charge in [-0.2, -0.15) is 0 Å². The predicted molar refractivity (Wildman–Crippen MR) is 124 cm³/mol. The Morgan fingerprint density at radius 2 is 1.80 bits per heavy atom. The largest absolute Gasteiger partial charge is 0.396 e. The van der Waals surface area contributed by atoms with Gasteiger partial charge in [-0.25, -0.2) is 0 Å². The second-order valence-electron chi connectivity index (χ2n) is 12.0. The van der Waals surface area contributed by atoms with Gasteiger partial charge in [0.2, 0.25) is 0 Å². The van der Waals surface area contributed by atoms with Crippen molar-refractivity contribution in [3.8, 4) is 0 Å². The lowest BCUT2D eigenvalue weighted by atomic mass is 9.48. The summed E-state index contributed by atoms with van der Waals surface area (Å²) < 4.78 is 0. The van der Waals surface area contributed by atoms with Crippen LogP contribution in [-0.4, -0.2) is 17.5 Å². The third-order valence-electron chi connectivity index (χ3n) is 10.5. The molecule has 3 saturated carbocycles. The number of hydrogen-bond acceptors (Lipinski definition) is 2. The molecule has 2 nitrogen and oxygen atoms in total. The molecule has 4 aliphatic carbocycles. The molecule has 0 aromatic carbocycles. The van der Waals surface area contributed by atoms with Crippen LogP contribution < -0.4 is 0 Å². The maximum Gasteiger partial charge on any atom is 0.133 e. The zero-order valence-corrected chi connectivity index (χ0v) is 20.0. The Morgan fingerprint density at radius 3 is 2.53 bits per heavy atom. The minimum absolute atomic E-state index is 0.268. The van der Waals surface area contributed by atoms with Gasteiger partial charge < -0.3 is 5.11 Å². The lowest BCUT2D eigenvalue weighted by Gasteiger charge is -2.57. The summed E-state index contributed by atoms with van der Waals surface area (Å²) in [6.07, 6.45) is 16.7. The van der Waals surface area contributed by atoms with E-state index in [1.807, 2.05) is 0 Å². The highest BCUT2D eigenvalue weighted by Crippen LogP contribution is 2.66. The maximum absolute atomic E-state index is 12.1. The number of hydrogen-bond donors (Lipinski definition) is 1. The highest BCUT2D eigenvalue weighted by atomic mass is 16.3. The van der Waals surface area contributed by atoms with Gasteiger partial charge in [-0.05, 0) is 90.8 Å². The fourth-order valence-corrected chi connectivity index (χ4v) is 8.05. The van der Waals surface area contributed by atoms with E-state index in [1.54, 1.807) is 5.57 Å². The fourth-order valence-electron chi connectivity index (χ4n) is 8.05. The Balaban J connectivity index is 1.52. The van der Waals surface area contributed by atoms with E-state index in [9.17, 15) is 9.90 Å². The molecule has 0 heterocycles. The van der Waals surface area contributed by atoms with E-state index >= 15 is 0 Å². The first-order valence-corrected chi connectivity index (χ1v) is 12.7. The Hall–Kier alpha value is -0.890. The minimum Gasteiger partial charge on any atom is -0.396 e. The van der Waals surface area contributed by atoms with Crippen molar-refractivity contribution in [2.24, 2.45) is 52.3 Å². The summed E-state index contributed by atoms with van der Waals surface area (Å²) in [5, 5.41) is 9.45. The van der Waals surface area contributed by atoms with Gasteiger partial charge in [-0.1, -0.05) is 58.4 Å². The first-order valence-electron chi connectivity index (χ1n) is 12.7. The van der Waals surface area contributed by atoms with Crippen molar-refractivity contribution in [2.45, 2.75) is 86.0 Å². The smallest absolute Gasteiger partial charge is 0.133 e. The summed E-state index contributed by atoms with van der Waals surface area (Å²) in [5.41, 5.74) is 2.57. The number of carbonyl (C=O) groups excluding carboxylic acids is 1. The van der Waals surface area contributed by atoms with Gasteiger partial charge in [0.25, 0.3) is 0 Å². The van der Waals surface area contributed by atoms with Crippen molar-refractivity contribution >= 4 is 5.78 Å². The molecule has 0 amide bonds. The summed E-state index contributed by atoms with van der Waals surface area (Å²) in [6.45, 7) is 12.2. The number of aliphatic hydroxyl groups excluding tert-OH is 1. The van der Waals surface area contributed by atoms with Crippen molar-refractivity contribution in [1.29, 1.82) is 0 Å². The molecule has 0 spiro atoms. The Labute approximate surface area is 184 Å². The average molecular weight is 413 g/mol. The summed E-state index contributed by atoms with van der Waals surface area (Å²) >= 11 is 0. The molecule has 4 rings (SSSR count). The zero-order valence-electron chi connectivity index (χ0n) is 20.0. The van der Waals surface area contributed by atoms with Crippen LogP contribution in [0, 0.1) is 52.3 Å². The van der Waals surface area contributed by atoms with Crippen LogP contribution >= 0.6 is 0 Å². The molecular weight excluding hydrogens is 368 g/mol. The molecule has 0 radical (unpaired) electrons. The van der Waals surface area contributed by atoms with Crippen molar-refractivity contribution in [1.82, 2.24) is 0 Å². The van der Waals surface area contributed by atoms with Crippen molar-refractivity contribution in [3.05, 3.63) is 23.8 Å². The van der Waals surface area contributed by atoms with Gasteiger partial charge >= 0.3 is 0 Å². The predicted octanol–water partition coefficient (Wildman–Crippen LogP) is 6.59. The second kappa shape index (κ2) is 8.23. The van der Waals surface area contributed by atoms with E-state index < -0.39 is 0 Å². The van der Waals surface area contributed by atoms with Gasteiger partial charge in [0, 0.05) is 19.4 Å². The van der Waals surface area contributed by atoms with Gasteiger partial charge in [-0.15, -0.1) is 0 Å².